The Morgan fingerprint density at radius 3 is 2.56 bits per heavy atom. The van der Waals surface area contributed by atoms with Crippen LogP contribution in [-0.2, 0) is 11.3 Å². The summed E-state index contributed by atoms with van der Waals surface area (Å²) in [5, 5.41) is 19.3. The molecule has 0 radical (unpaired) electrons. The van der Waals surface area contributed by atoms with E-state index in [2.05, 4.69) is 9.97 Å². The van der Waals surface area contributed by atoms with Crippen molar-refractivity contribution in [2.75, 3.05) is 18.9 Å². The van der Waals surface area contributed by atoms with E-state index in [1.807, 2.05) is 36.4 Å². The highest BCUT2D eigenvalue weighted by atomic mass is 16.5. The molecule has 1 unspecified atom stereocenters. The van der Waals surface area contributed by atoms with Gasteiger partial charge in [-0.25, -0.2) is 14.8 Å². The van der Waals surface area contributed by atoms with Crippen molar-refractivity contribution < 1.29 is 14.6 Å². The zero-order valence-electron chi connectivity index (χ0n) is 22.9. The maximum absolute atomic E-state index is 13.9. The second kappa shape index (κ2) is 11.3. The summed E-state index contributed by atoms with van der Waals surface area (Å²) in [4.78, 5) is 37.4. The van der Waals surface area contributed by atoms with E-state index in [1.165, 1.54) is 21.5 Å². The second-order valence-electron chi connectivity index (χ2n) is 10.7. The van der Waals surface area contributed by atoms with E-state index in [0.717, 1.165) is 6.42 Å². The summed E-state index contributed by atoms with van der Waals surface area (Å²) < 4.78 is 8.85. The SMILES string of the molecule is CC(C)(C=C(C#N)C(=O)N1CCCC1Cn1c(=O)n(-c2ccc(Oc3ccccc3)cc2)c2c(N)ncnc21)CO. The summed E-state index contributed by atoms with van der Waals surface area (Å²) in [6, 6.07) is 18.1. The smallest absolute Gasteiger partial charge is 0.335 e. The molecule has 0 aliphatic carbocycles. The van der Waals surface area contributed by atoms with E-state index < -0.39 is 11.3 Å². The van der Waals surface area contributed by atoms with Crippen molar-refractivity contribution in [1.29, 1.82) is 5.26 Å². The van der Waals surface area contributed by atoms with Gasteiger partial charge in [-0.1, -0.05) is 38.1 Å². The van der Waals surface area contributed by atoms with E-state index >= 15 is 0 Å². The lowest BCUT2D eigenvalue weighted by Gasteiger charge is -2.25. The van der Waals surface area contributed by atoms with Gasteiger partial charge >= 0.3 is 5.69 Å². The Balaban J connectivity index is 1.48. The molecule has 210 valence electrons. The summed E-state index contributed by atoms with van der Waals surface area (Å²) in [6.45, 7) is 3.91. The number of fused-ring (bicyclic) bond motifs is 1. The molecule has 1 fully saturated rings. The fourth-order valence-corrected chi connectivity index (χ4v) is 5.03. The molecule has 2 aromatic carbocycles. The Morgan fingerprint density at radius 1 is 1.17 bits per heavy atom. The number of aliphatic hydroxyl groups excluding tert-OH is 1. The van der Waals surface area contributed by atoms with Crippen LogP contribution in [0.4, 0.5) is 5.82 Å². The number of ether oxygens (including phenoxy) is 1. The van der Waals surface area contributed by atoms with Gasteiger partial charge in [0, 0.05) is 18.5 Å². The average Bonchev–Trinajstić information content (AvgIpc) is 3.55. The van der Waals surface area contributed by atoms with E-state index in [4.69, 9.17) is 10.5 Å². The van der Waals surface area contributed by atoms with Crippen molar-refractivity contribution in [1.82, 2.24) is 24.0 Å². The minimum atomic E-state index is -0.726. The van der Waals surface area contributed by atoms with Crippen LogP contribution in [0.2, 0.25) is 0 Å². The summed E-state index contributed by atoms with van der Waals surface area (Å²) >= 11 is 0. The number of amides is 1. The molecule has 11 heteroatoms. The number of benzene rings is 2. The first-order chi connectivity index (χ1) is 19.7. The van der Waals surface area contributed by atoms with Gasteiger partial charge in [-0.05, 0) is 49.2 Å². The van der Waals surface area contributed by atoms with Crippen LogP contribution in [0.15, 0.2) is 77.4 Å². The molecule has 1 saturated heterocycles. The van der Waals surface area contributed by atoms with Gasteiger partial charge in [0.1, 0.15) is 35.0 Å². The topological polar surface area (TPSA) is 152 Å². The number of aromatic nitrogens is 4. The maximum atomic E-state index is 13.9. The number of anilines is 1. The van der Waals surface area contributed by atoms with Gasteiger partial charge in [0.05, 0.1) is 18.3 Å². The average molecular weight is 554 g/mol. The molecule has 0 saturated carbocycles. The van der Waals surface area contributed by atoms with Crippen LogP contribution in [0, 0.1) is 16.7 Å². The Bertz CT molecular complexity index is 1700. The van der Waals surface area contributed by atoms with Gasteiger partial charge in [-0.15, -0.1) is 0 Å². The number of hydrogen-bond donors (Lipinski definition) is 2. The minimum Gasteiger partial charge on any atom is -0.457 e. The molecule has 1 atom stereocenters. The predicted molar refractivity (Wildman–Crippen MR) is 153 cm³/mol. The first-order valence-electron chi connectivity index (χ1n) is 13.3. The van der Waals surface area contributed by atoms with Crippen molar-refractivity contribution in [2.45, 2.75) is 39.3 Å². The Hall–Kier alpha value is -4.95. The molecular weight excluding hydrogens is 522 g/mol. The molecule has 3 heterocycles. The number of imidazole rings is 1. The van der Waals surface area contributed by atoms with E-state index in [-0.39, 0.29) is 36.3 Å². The summed E-state index contributed by atoms with van der Waals surface area (Å²) in [5.41, 5.74) is 6.39. The fourth-order valence-electron chi connectivity index (χ4n) is 5.03. The zero-order valence-corrected chi connectivity index (χ0v) is 22.9. The number of aliphatic hydroxyl groups is 1. The normalized spacial score (nSPS) is 15.7. The van der Waals surface area contributed by atoms with Crippen molar-refractivity contribution >= 4 is 22.9 Å². The summed E-state index contributed by atoms with van der Waals surface area (Å²) in [6.07, 6.45) is 4.19. The molecule has 1 amide bonds. The molecule has 2 aromatic heterocycles. The van der Waals surface area contributed by atoms with Gasteiger partial charge in [-0.2, -0.15) is 5.26 Å². The van der Waals surface area contributed by atoms with Crippen LogP contribution >= 0.6 is 0 Å². The van der Waals surface area contributed by atoms with Crippen molar-refractivity contribution in [3.05, 3.63) is 83.1 Å². The first-order valence-corrected chi connectivity index (χ1v) is 13.3. The largest absolute Gasteiger partial charge is 0.457 e. The number of carbonyl (C=O) groups is 1. The number of hydrogen-bond acceptors (Lipinski definition) is 8. The van der Waals surface area contributed by atoms with Gasteiger partial charge < -0.3 is 20.5 Å². The third kappa shape index (κ3) is 5.55. The second-order valence-corrected chi connectivity index (χ2v) is 10.7. The molecule has 0 bridgehead atoms. The van der Waals surface area contributed by atoms with Crippen LogP contribution in [0.1, 0.15) is 26.7 Å². The Labute approximate surface area is 236 Å². The quantitative estimate of drug-likeness (QED) is 0.249. The van der Waals surface area contributed by atoms with Gasteiger partial charge in [0.15, 0.2) is 11.5 Å². The Morgan fingerprint density at radius 2 is 1.88 bits per heavy atom. The van der Waals surface area contributed by atoms with E-state index in [0.29, 0.717) is 41.3 Å². The highest BCUT2D eigenvalue weighted by Gasteiger charge is 2.33. The number of nitriles is 1. The van der Waals surface area contributed by atoms with Crippen LogP contribution in [0.5, 0.6) is 11.5 Å². The number of nitrogen functional groups attached to an aromatic ring is 1. The third-order valence-corrected chi connectivity index (χ3v) is 7.13. The molecular formula is C30H31N7O4. The predicted octanol–water partition coefficient (Wildman–Crippen LogP) is 3.42. The molecule has 1 aliphatic rings. The molecule has 1 aliphatic heterocycles. The van der Waals surface area contributed by atoms with E-state index in [9.17, 15) is 20.0 Å². The van der Waals surface area contributed by atoms with Gasteiger partial charge in [-0.3, -0.25) is 13.9 Å². The highest BCUT2D eigenvalue weighted by molar-refractivity contribution is 5.97. The van der Waals surface area contributed by atoms with Crippen molar-refractivity contribution in [2.24, 2.45) is 5.41 Å². The highest BCUT2D eigenvalue weighted by Crippen LogP contribution is 2.27. The number of nitrogens with two attached hydrogens (primary N) is 1. The number of para-hydroxylation sites is 1. The molecule has 41 heavy (non-hydrogen) atoms. The van der Waals surface area contributed by atoms with Crippen molar-refractivity contribution in [3.63, 3.8) is 0 Å². The lowest BCUT2D eigenvalue weighted by atomic mass is 9.91. The van der Waals surface area contributed by atoms with Crippen molar-refractivity contribution in [3.8, 4) is 23.3 Å². The molecule has 4 aromatic rings. The Kier molecular flexibility index (Phi) is 7.59. The monoisotopic (exact) mass is 553 g/mol. The summed E-state index contributed by atoms with van der Waals surface area (Å²) in [5.74, 6) is 1.02. The maximum Gasteiger partial charge on any atom is 0.335 e. The summed E-state index contributed by atoms with van der Waals surface area (Å²) in [7, 11) is 0. The zero-order chi connectivity index (χ0) is 29.1. The molecule has 5 rings (SSSR count). The van der Waals surface area contributed by atoms with Gasteiger partial charge in [0.2, 0.25) is 0 Å². The molecule has 3 N–H and O–H groups in total. The number of rotatable bonds is 8. The first kappa shape index (κ1) is 27.6. The van der Waals surface area contributed by atoms with Crippen LogP contribution in [-0.4, -0.2) is 54.2 Å². The lowest BCUT2D eigenvalue weighted by molar-refractivity contribution is -0.127. The standard InChI is InChI=1S/C30H31N7O4/c1-30(2,18-38)15-20(16-31)28(39)35-14-6-7-22(35)17-36-27-25(26(32)33-19-34-27)37(29(36)40)21-10-12-24(13-11-21)41-23-8-4-3-5-9-23/h3-5,8-13,15,19,22,38H,6-7,14,17-18H2,1-2H3,(H2,32,33,34). The van der Waals surface area contributed by atoms with Gasteiger partial charge in [0.25, 0.3) is 5.91 Å². The van der Waals surface area contributed by atoms with E-state index in [1.54, 1.807) is 43.0 Å². The number of likely N-dealkylation sites (tertiary alicyclic amines) is 1. The van der Waals surface area contributed by atoms with Crippen LogP contribution in [0.25, 0.3) is 16.9 Å². The van der Waals surface area contributed by atoms with Crippen LogP contribution < -0.4 is 16.2 Å². The molecule has 0 spiro atoms. The number of nitrogens with zero attached hydrogens (tertiary/aromatic N) is 6. The molecule has 11 nitrogen and oxygen atoms in total. The van der Waals surface area contributed by atoms with Crippen LogP contribution in [0.3, 0.4) is 0 Å². The third-order valence-electron chi connectivity index (χ3n) is 7.13. The lowest BCUT2D eigenvalue weighted by Crippen LogP contribution is -2.41. The minimum absolute atomic E-state index is 0.0323. The number of carbonyl (C=O) groups excluding carboxylic acids is 1. The fraction of sp³-hybridized carbons (Fsp3) is 0.300.